The molecule has 0 unspecified atom stereocenters. The standard InChI is InChI=1S/C28H36F2N4O7/c1-17(2)20-6-4-5-7-22(20)34(27(36)31-21-12-13-24(38-3)32-25(21)41-26(29)30)19-10-8-18(9-11-19)28(16-23(35)33-37)39-14-15-40-28/h4-7,12-13,17-19,26,37H,8-11,14-16H2,1-3H3,(H,31,36)(H,33,35). The molecule has 224 valence electrons. The fourth-order valence-electron chi connectivity index (χ4n) is 5.64. The van der Waals surface area contributed by atoms with E-state index >= 15 is 0 Å². The molecule has 1 saturated carbocycles. The fraction of sp³-hybridized carbons (Fsp3) is 0.536. The van der Waals surface area contributed by atoms with Gasteiger partial charge in [-0.3, -0.25) is 14.9 Å². The highest BCUT2D eigenvalue weighted by molar-refractivity contribution is 6.03. The number of urea groups is 1. The largest absolute Gasteiger partial charge is 0.481 e. The van der Waals surface area contributed by atoms with Crippen molar-refractivity contribution in [2.45, 2.75) is 70.3 Å². The second-order valence-electron chi connectivity index (χ2n) is 10.3. The van der Waals surface area contributed by atoms with Crippen LogP contribution in [0, 0.1) is 5.92 Å². The summed E-state index contributed by atoms with van der Waals surface area (Å²) >= 11 is 0. The summed E-state index contributed by atoms with van der Waals surface area (Å²) in [5.74, 6) is -2.20. The van der Waals surface area contributed by atoms with Crippen LogP contribution in [0.2, 0.25) is 0 Å². The van der Waals surface area contributed by atoms with Crippen molar-refractivity contribution < 1.29 is 42.5 Å². The zero-order chi connectivity index (χ0) is 29.6. The number of amides is 3. The molecule has 4 rings (SSSR count). The van der Waals surface area contributed by atoms with Gasteiger partial charge >= 0.3 is 12.6 Å². The molecule has 13 heteroatoms. The third-order valence-corrected chi connectivity index (χ3v) is 7.51. The van der Waals surface area contributed by atoms with Crippen molar-refractivity contribution >= 4 is 23.3 Å². The Morgan fingerprint density at radius 1 is 1.12 bits per heavy atom. The van der Waals surface area contributed by atoms with E-state index < -0.39 is 30.2 Å². The molecular weight excluding hydrogens is 542 g/mol. The zero-order valence-electron chi connectivity index (χ0n) is 23.3. The molecule has 2 aliphatic rings. The molecule has 2 fully saturated rings. The van der Waals surface area contributed by atoms with Crippen LogP contribution in [0.1, 0.15) is 57.4 Å². The second-order valence-corrected chi connectivity index (χ2v) is 10.3. The van der Waals surface area contributed by atoms with Crippen LogP contribution in [-0.2, 0) is 14.3 Å². The molecule has 0 bridgehead atoms. The first-order valence-corrected chi connectivity index (χ1v) is 13.6. The SMILES string of the molecule is COc1ccc(NC(=O)N(c2ccccc2C(C)C)C2CCC(C3(CC(=O)NO)OCCO3)CC2)c(OC(F)F)n1. The minimum absolute atomic E-state index is 0.0291. The molecule has 3 N–H and O–H groups in total. The van der Waals surface area contributed by atoms with Crippen molar-refractivity contribution in [1.29, 1.82) is 0 Å². The number of para-hydroxylation sites is 1. The van der Waals surface area contributed by atoms with Gasteiger partial charge in [-0.2, -0.15) is 13.8 Å². The van der Waals surface area contributed by atoms with Crippen LogP contribution in [0.4, 0.5) is 25.0 Å². The Balaban J connectivity index is 1.62. The number of hydroxylamine groups is 1. The quantitative estimate of drug-likeness (QED) is 0.264. The molecule has 1 aromatic carbocycles. The number of nitrogens with zero attached hydrogens (tertiary/aromatic N) is 2. The number of rotatable bonds is 10. The van der Waals surface area contributed by atoms with Gasteiger partial charge < -0.3 is 24.3 Å². The lowest BCUT2D eigenvalue weighted by Crippen LogP contribution is -2.49. The van der Waals surface area contributed by atoms with Crippen LogP contribution < -0.4 is 25.2 Å². The molecule has 0 atom stereocenters. The minimum atomic E-state index is -3.15. The fourth-order valence-corrected chi connectivity index (χ4v) is 5.64. The number of anilines is 2. The number of hydrogen-bond donors (Lipinski definition) is 3. The highest BCUT2D eigenvalue weighted by Crippen LogP contribution is 2.43. The van der Waals surface area contributed by atoms with E-state index in [1.54, 1.807) is 10.4 Å². The van der Waals surface area contributed by atoms with Gasteiger partial charge in [0, 0.05) is 23.7 Å². The Hall–Kier alpha value is -3.55. The van der Waals surface area contributed by atoms with E-state index in [-0.39, 0.29) is 35.9 Å². The number of carbonyl (C=O) groups is 2. The third-order valence-electron chi connectivity index (χ3n) is 7.51. The molecule has 1 aliphatic heterocycles. The predicted molar refractivity (Wildman–Crippen MR) is 144 cm³/mol. The van der Waals surface area contributed by atoms with Crippen molar-refractivity contribution in [3.8, 4) is 11.8 Å². The Kier molecular flexibility index (Phi) is 9.94. The van der Waals surface area contributed by atoms with Crippen LogP contribution in [0.15, 0.2) is 36.4 Å². The Labute approximate surface area is 237 Å². The van der Waals surface area contributed by atoms with Crippen LogP contribution in [0.3, 0.4) is 0 Å². The number of halogens is 2. The van der Waals surface area contributed by atoms with Gasteiger partial charge in [-0.05, 0) is 49.3 Å². The van der Waals surface area contributed by atoms with Gasteiger partial charge in [0.25, 0.3) is 0 Å². The average Bonchev–Trinajstić information content (AvgIpc) is 3.43. The van der Waals surface area contributed by atoms with Gasteiger partial charge in [0.1, 0.15) is 5.69 Å². The van der Waals surface area contributed by atoms with Gasteiger partial charge in [0.2, 0.25) is 17.7 Å². The number of ether oxygens (including phenoxy) is 4. The lowest BCUT2D eigenvalue weighted by molar-refractivity contribution is -0.209. The highest BCUT2D eigenvalue weighted by atomic mass is 19.3. The Morgan fingerprint density at radius 2 is 1.80 bits per heavy atom. The summed E-state index contributed by atoms with van der Waals surface area (Å²) in [4.78, 5) is 31.6. The van der Waals surface area contributed by atoms with E-state index in [1.165, 1.54) is 19.2 Å². The number of hydrogen-bond acceptors (Lipinski definition) is 8. The smallest absolute Gasteiger partial charge is 0.388 e. The molecule has 0 radical (unpaired) electrons. The Morgan fingerprint density at radius 3 is 2.41 bits per heavy atom. The van der Waals surface area contributed by atoms with Crippen molar-refractivity contribution in [3.63, 3.8) is 0 Å². The summed E-state index contributed by atoms with van der Waals surface area (Å²) in [5.41, 5.74) is 3.27. The number of methoxy groups -OCH3 is 1. The maximum absolute atomic E-state index is 13.9. The summed E-state index contributed by atoms with van der Waals surface area (Å²) in [6, 6.07) is 9.60. The normalized spacial score (nSPS) is 20.1. The van der Waals surface area contributed by atoms with Gasteiger partial charge in [0.15, 0.2) is 5.79 Å². The van der Waals surface area contributed by atoms with E-state index in [0.29, 0.717) is 44.6 Å². The van der Waals surface area contributed by atoms with Crippen molar-refractivity contribution in [2.24, 2.45) is 5.92 Å². The zero-order valence-corrected chi connectivity index (χ0v) is 23.3. The number of benzene rings is 1. The first-order valence-electron chi connectivity index (χ1n) is 13.6. The van der Waals surface area contributed by atoms with Crippen LogP contribution in [0.25, 0.3) is 0 Å². The molecule has 3 amide bonds. The summed E-state index contributed by atoms with van der Waals surface area (Å²) in [6.45, 7) is 1.58. The van der Waals surface area contributed by atoms with E-state index in [0.717, 1.165) is 5.56 Å². The van der Waals surface area contributed by atoms with Crippen LogP contribution in [-0.4, -0.2) is 60.9 Å². The first kappa shape index (κ1) is 30.4. The van der Waals surface area contributed by atoms with E-state index in [4.69, 9.17) is 19.4 Å². The molecule has 41 heavy (non-hydrogen) atoms. The van der Waals surface area contributed by atoms with Gasteiger partial charge in [0.05, 0.1) is 26.7 Å². The number of nitrogens with one attached hydrogen (secondary N) is 2. The molecular formula is C28H36F2N4O7. The second kappa shape index (κ2) is 13.4. The van der Waals surface area contributed by atoms with Crippen LogP contribution >= 0.6 is 0 Å². The number of aromatic nitrogens is 1. The molecule has 1 saturated heterocycles. The molecule has 1 aromatic heterocycles. The maximum atomic E-state index is 13.9. The van der Waals surface area contributed by atoms with Gasteiger partial charge in [-0.1, -0.05) is 32.0 Å². The summed E-state index contributed by atoms with van der Waals surface area (Å²) in [6.07, 6.45) is 2.14. The first-order chi connectivity index (χ1) is 19.7. The lowest BCUT2D eigenvalue weighted by Gasteiger charge is -2.42. The molecule has 2 heterocycles. The van der Waals surface area contributed by atoms with E-state index in [2.05, 4.69) is 15.0 Å². The Bertz CT molecular complexity index is 1200. The number of carbonyl (C=O) groups excluding carboxylic acids is 2. The average molecular weight is 579 g/mol. The van der Waals surface area contributed by atoms with E-state index in [9.17, 15) is 18.4 Å². The van der Waals surface area contributed by atoms with Gasteiger partial charge in [-0.25, -0.2) is 10.3 Å². The van der Waals surface area contributed by atoms with Crippen molar-refractivity contribution in [2.75, 3.05) is 30.5 Å². The lowest BCUT2D eigenvalue weighted by atomic mass is 9.78. The topological polar surface area (TPSA) is 131 Å². The monoisotopic (exact) mass is 578 g/mol. The summed E-state index contributed by atoms with van der Waals surface area (Å²) in [7, 11) is 1.34. The highest BCUT2D eigenvalue weighted by Gasteiger charge is 2.48. The number of pyridine rings is 1. The molecule has 2 aromatic rings. The van der Waals surface area contributed by atoms with Gasteiger partial charge in [-0.15, -0.1) is 0 Å². The van der Waals surface area contributed by atoms with E-state index in [1.807, 2.05) is 38.1 Å². The predicted octanol–water partition coefficient (Wildman–Crippen LogP) is 5.05. The van der Waals surface area contributed by atoms with Crippen molar-refractivity contribution in [3.05, 3.63) is 42.0 Å². The maximum Gasteiger partial charge on any atom is 0.388 e. The minimum Gasteiger partial charge on any atom is -0.481 e. The molecule has 0 spiro atoms. The number of alkyl halides is 2. The van der Waals surface area contributed by atoms with Crippen LogP contribution in [0.5, 0.6) is 11.8 Å². The van der Waals surface area contributed by atoms with Crippen molar-refractivity contribution in [1.82, 2.24) is 10.5 Å². The molecule has 11 nitrogen and oxygen atoms in total. The summed E-state index contributed by atoms with van der Waals surface area (Å²) < 4.78 is 47.7. The molecule has 1 aliphatic carbocycles. The third kappa shape index (κ3) is 7.03. The summed E-state index contributed by atoms with van der Waals surface area (Å²) in [5, 5.41) is 11.8.